The Balaban J connectivity index is 0.751. The minimum absolute atomic E-state index is 0.0210. The Morgan fingerprint density at radius 2 is 1.69 bits per heavy atom. The fraction of sp³-hybridized carbons (Fsp3) is 0.500. The van der Waals surface area contributed by atoms with Gasteiger partial charge in [0.1, 0.15) is 11.8 Å². The summed E-state index contributed by atoms with van der Waals surface area (Å²) >= 11 is 0. The van der Waals surface area contributed by atoms with Crippen LogP contribution in [0.25, 0.3) is 11.3 Å². The number of urea groups is 1. The number of carbonyl (C=O) groups excluding carboxylic acids is 4. The Hall–Kier alpha value is -5.44. The number of fused-ring (bicyclic) bond motifs is 4. The molecule has 5 amide bonds. The molecule has 7 heterocycles. The van der Waals surface area contributed by atoms with Gasteiger partial charge >= 0.3 is 6.03 Å². The first-order valence-electron chi connectivity index (χ1n) is 19.7. The standard InChI is InChI=1S/C40H48N10O5/c1-25-21-49-29(20-41-37-34(49)19-32(43-44-37)30-4-2-3-5-35(30)51)24-48(25)40(55)47-16-14-45(15-17-47)22-26-10-12-46(13-11-26)28-7-6-27-23-50(39(54)31(27)18-28)33-8-9-36(52)42-38(33)53/h2-7,18-19,25-26,29,33,51H,8-17,20-24H2,1H3,(H,41,44)(H,42,52,53)/t25-,29-,33?/m0/s1. The third-order valence-corrected chi connectivity index (χ3v) is 12.5. The van der Waals surface area contributed by atoms with E-state index in [2.05, 4.69) is 48.5 Å². The van der Waals surface area contributed by atoms with Gasteiger partial charge in [-0.1, -0.05) is 18.2 Å². The number of carbonyl (C=O) groups is 4. The van der Waals surface area contributed by atoms with Crippen LogP contribution < -0.4 is 20.4 Å². The predicted octanol–water partition coefficient (Wildman–Crippen LogP) is 2.57. The second kappa shape index (κ2) is 14.3. The molecule has 288 valence electrons. The van der Waals surface area contributed by atoms with E-state index in [-0.39, 0.29) is 48.0 Å². The smallest absolute Gasteiger partial charge is 0.320 e. The first kappa shape index (κ1) is 35.3. The summed E-state index contributed by atoms with van der Waals surface area (Å²) in [7, 11) is 0. The zero-order chi connectivity index (χ0) is 37.8. The number of benzene rings is 2. The maximum atomic E-state index is 13.9. The summed E-state index contributed by atoms with van der Waals surface area (Å²) < 4.78 is 0. The van der Waals surface area contributed by atoms with Gasteiger partial charge in [0.2, 0.25) is 11.8 Å². The number of hydrogen-bond donors (Lipinski definition) is 3. The number of aromatic nitrogens is 2. The molecule has 9 rings (SSSR count). The van der Waals surface area contributed by atoms with E-state index in [9.17, 15) is 24.3 Å². The summed E-state index contributed by atoms with van der Waals surface area (Å²) in [6, 6.07) is 14.8. The lowest BCUT2D eigenvalue weighted by Gasteiger charge is -2.50. The van der Waals surface area contributed by atoms with Gasteiger partial charge in [-0.2, -0.15) is 0 Å². The molecule has 6 aliphatic heterocycles. The lowest BCUT2D eigenvalue weighted by atomic mass is 9.95. The van der Waals surface area contributed by atoms with Crippen LogP contribution in [0.5, 0.6) is 5.75 Å². The highest BCUT2D eigenvalue weighted by Gasteiger charge is 2.41. The number of phenolic OH excluding ortho intramolecular Hbond substituents is 1. The molecule has 4 saturated heterocycles. The van der Waals surface area contributed by atoms with E-state index in [0.717, 1.165) is 81.4 Å². The van der Waals surface area contributed by atoms with Crippen molar-refractivity contribution in [3.05, 3.63) is 59.7 Å². The minimum Gasteiger partial charge on any atom is -0.507 e. The third kappa shape index (κ3) is 6.68. The number of para-hydroxylation sites is 1. The van der Waals surface area contributed by atoms with Gasteiger partial charge in [-0.25, -0.2) is 4.79 Å². The molecule has 1 aromatic heterocycles. The number of rotatable bonds is 5. The first-order valence-corrected chi connectivity index (χ1v) is 19.7. The Morgan fingerprint density at radius 1 is 0.891 bits per heavy atom. The molecule has 1 unspecified atom stereocenters. The number of hydrogen-bond acceptors (Lipinski definition) is 11. The van der Waals surface area contributed by atoms with Crippen molar-refractivity contribution in [3.63, 3.8) is 0 Å². The zero-order valence-corrected chi connectivity index (χ0v) is 31.2. The largest absolute Gasteiger partial charge is 0.507 e. The number of aromatic hydroxyl groups is 1. The van der Waals surface area contributed by atoms with Crippen LogP contribution in [0.15, 0.2) is 48.5 Å². The molecule has 0 aliphatic carbocycles. The van der Waals surface area contributed by atoms with Crippen LogP contribution in [0, 0.1) is 5.92 Å². The fourth-order valence-corrected chi connectivity index (χ4v) is 9.32. The molecular formula is C40H48N10O5. The molecule has 0 bridgehead atoms. The van der Waals surface area contributed by atoms with Gasteiger partial charge in [-0.3, -0.25) is 24.6 Å². The summed E-state index contributed by atoms with van der Waals surface area (Å²) in [5, 5.41) is 25.0. The molecule has 2 aromatic carbocycles. The van der Waals surface area contributed by atoms with Gasteiger partial charge in [0, 0.05) is 101 Å². The minimum atomic E-state index is -0.604. The highest BCUT2D eigenvalue weighted by molar-refractivity contribution is 6.05. The molecule has 3 aromatic rings. The van der Waals surface area contributed by atoms with E-state index < -0.39 is 6.04 Å². The molecule has 15 heteroatoms. The van der Waals surface area contributed by atoms with Gasteiger partial charge in [-0.15, -0.1) is 10.2 Å². The van der Waals surface area contributed by atoms with E-state index >= 15 is 0 Å². The van der Waals surface area contributed by atoms with E-state index in [1.54, 1.807) is 17.0 Å². The maximum absolute atomic E-state index is 13.9. The molecule has 3 N–H and O–H groups in total. The van der Waals surface area contributed by atoms with Crippen LogP contribution in [0.4, 0.5) is 22.0 Å². The zero-order valence-electron chi connectivity index (χ0n) is 31.2. The summed E-state index contributed by atoms with van der Waals surface area (Å²) in [4.78, 5) is 64.2. The Labute approximate surface area is 320 Å². The summed E-state index contributed by atoms with van der Waals surface area (Å²) in [5.41, 5.74) is 4.83. The number of phenols is 1. The normalized spacial score (nSPS) is 24.6. The quantitative estimate of drug-likeness (QED) is 0.330. The van der Waals surface area contributed by atoms with Crippen LogP contribution >= 0.6 is 0 Å². The van der Waals surface area contributed by atoms with Gasteiger partial charge < -0.3 is 34.9 Å². The highest BCUT2D eigenvalue weighted by Crippen LogP contribution is 2.37. The molecule has 0 spiro atoms. The van der Waals surface area contributed by atoms with E-state index in [0.29, 0.717) is 55.3 Å². The summed E-state index contributed by atoms with van der Waals surface area (Å²) in [6.45, 7) is 10.5. The van der Waals surface area contributed by atoms with E-state index in [1.165, 1.54) is 0 Å². The predicted molar refractivity (Wildman–Crippen MR) is 206 cm³/mol. The summed E-state index contributed by atoms with van der Waals surface area (Å²) in [6.07, 6.45) is 2.74. The number of nitrogens with zero attached hydrogens (tertiary/aromatic N) is 8. The van der Waals surface area contributed by atoms with Gasteiger partial charge in [0.05, 0.1) is 17.4 Å². The molecule has 4 fully saturated rings. The number of piperidine rings is 2. The van der Waals surface area contributed by atoms with Crippen LogP contribution in [0.2, 0.25) is 0 Å². The van der Waals surface area contributed by atoms with Gasteiger partial charge in [-0.05, 0) is 68.0 Å². The van der Waals surface area contributed by atoms with E-state index in [1.807, 2.05) is 40.1 Å². The van der Waals surface area contributed by atoms with Gasteiger partial charge in [0.25, 0.3) is 5.91 Å². The van der Waals surface area contributed by atoms with Crippen molar-refractivity contribution in [1.82, 2.24) is 35.1 Å². The van der Waals surface area contributed by atoms with Crippen molar-refractivity contribution in [3.8, 4) is 17.0 Å². The third-order valence-electron chi connectivity index (χ3n) is 12.5. The van der Waals surface area contributed by atoms with Crippen LogP contribution in [-0.2, 0) is 16.1 Å². The van der Waals surface area contributed by atoms with Crippen molar-refractivity contribution in [2.75, 3.05) is 80.6 Å². The number of piperazine rings is 2. The summed E-state index contributed by atoms with van der Waals surface area (Å²) in [5.74, 6) is 0.663. The Kier molecular flexibility index (Phi) is 9.19. The second-order valence-corrected chi connectivity index (χ2v) is 15.9. The molecule has 0 saturated carbocycles. The lowest BCUT2D eigenvalue weighted by Crippen LogP contribution is -2.65. The second-order valence-electron chi connectivity index (χ2n) is 15.9. The number of anilines is 3. The van der Waals surface area contributed by atoms with Gasteiger partial charge in [0.15, 0.2) is 5.82 Å². The van der Waals surface area contributed by atoms with Crippen molar-refractivity contribution in [2.45, 2.75) is 57.3 Å². The van der Waals surface area contributed by atoms with Crippen LogP contribution in [-0.4, -0.2) is 142 Å². The fourth-order valence-electron chi connectivity index (χ4n) is 9.32. The monoisotopic (exact) mass is 748 g/mol. The van der Waals surface area contributed by atoms with Crippen molar-refractivity contribution in [2.24, 2.45) is 5.92 Å². The highest BCUT2D eigenvalue weighted by atomic mass is 16.3. The maximum Gasteiger partial charge on any atom is 0.320 e. The topological polar surface area (TPSA) is 158 Å². The Morgan fingerprint density at radius 3 is 2.47 bits per heavy atom. The van der Waals surface area contributed by atoms with Crippen LogP contribution in [0.3, 0.4) is 0 Å². The van der Waals surface area contributed by atoms with Crippen molar-refractivity contribution in [1.29, 1.82) is 0 Å². The van der Waals surface area contributed by atoms with E-state index in [4.69, 9.17) is 0 Å². The molecule has 0 radical (unpaired) electrons. The number of nitrogens with one attached hydrogen (secondary N) is 2. The molecule has 3 atom stereocenters. The average molecular weight is 749 g/mol. The molecule has 15 nitrogen and oxygen atoms in total. The molecule has 55 heavy (non-hydrogen) atoms. The van der Waals surface area contributed by atoms with Crippen molar-refractivity contribution < 1.29 is 24.3 Å². The lowest BCUT2D eigenvalue weighted by molar-refractivity contribution is -0.136. The first-order chi connectivity index (χ1) is 26.7. The molecular weight excluding hydrogens is 701 g/mol. The number of amides is 5. The average Bonchev–Trinajstić information content (AvgIpc) is 3.52. The number of imide groups is 1. The van der Waals surface area contributed by atoms with Crippen molar-refractivity contribution >= 4 is 40.9 Å². The molecule has 6 aliphatic rings. The SMILES string of the molecule is C[C@H]1CN2c3cc(-c4ccccc4O)nnc3NC[C@H]2CN1C(=O)N1CCN(CC2CCN(c3ccc4c(c3)C(=O)N(C3CCC(=O)NC3=O)C4)CC2)CC1. The van der Waals surface area contributed by atoms with Crippen LogP contribution in [0.1, 0.15) is 48.5 Å². The Bertz CT molecular complexity index is 2010.